The maximum Gasteiger partial charge on any atom is 0.185 e. The van der Waals surface area contributed by atoms with Crippen LogP contribution in [0, 0.1) is 12.3 Å². The SMILES string of the molecule is COc1ccc(C2C(C(=O)c3ccccc3)N3c4cc(C)ccc4C=CC3C23C(=O)c2ccccc2C3=O)cc1. The lowest BCUT2D eigenvalue weighted by Gasteiger charge is -2.37. The van der Waals surface area contributed by atoms with Crippen molar-refractivity contribution in [3.8, 4) is 5.75 Å². The molecule has 1 fully saturated rings. The van der Waals surface area contributed by atoms with E-state index in [0.717, 1.165) is 22.4 Å². The van der Waals surface area contributed by atoms with Gasteiger partial charge < -0.3 is 9.64 Å². The Hall–Kier alpha value is -4.77. The predicted octanol–water partition coefficient (Wildman–Crippen LogP) is 6.32. The minimum absolute atomic E-state index is 0.123. The van der Waals surface area contributed by atoms with Crippen LogP contribution < -0.4 is 9.64 Å². The van der Waals surface area contributed by atoms with Crippen LogP contribution in [-0.2, 0) is 0 Å². The zero-order valence-electron chi connectivity index (χ0n) is 22.2. The van der Waals surface area contributed by atoms with Crippen molar-refractivity contribution in [1.82, 2.24) is 0 Å². The number of hydrogen-bond donors (Lipinski definition) is 0. The number of hydrogen-bond acceptors (Lipinski definition) is 5. The lowest BCUT2D eigenvalue weighted by molar-refractivity contribution is 0.0666. The minimum atomic E-state index is -1.51. The molecule has 2 aliphatic heterocycles. The molecule has 5 nitrogen and oxygen atoms in total. The molecule has 40 heavy (non-hydrogen) atoms. The highest BCUT2D eigenvalue weighted by Gasteiger charge is 2.71. The molecular formula is C35H27NO4. The van der Waals surface area contributed by atoms with Crippen LogP contribution in [0.3, 0.4) is 0 Å². The minimum Gasteiger partial charge on any atom is -0.497 e. The van der Waals surface area contributed by atoms with E-state index in [2.05, 4.69) is 6.07 Å². The smallest absolute Gasteiger partial charge is 0.185 e. The van der Waals surface area contributed by atoms with E-state index >= 15 is 0 Å². The van der Waals surface area contributed by atoms with Crippen molar-refractivity contribution in [2.45, 2.75) is 24.9 Å². The van der Waals surface area contributed by atoms with E-state index in [1.807, 2.05) is 78.6 Å². The molecular weight excluding hydrogens is 498 g/mol. The van der Waals surface area contributed by atoms with Gasteiger partial charge in [0.05, 0.1) is 13.2 Å². The van der Waals surface area contributed by atoms with E-state index in [1.54, 1.807) is 43.5 Å². The average Bonchev–Trinajstić information content (AvgIpc) is 3.43. The molecule has 0 radical (unpaired) electrons. The fraction of sp³-hybridized carbons (Fsp3) is 0.171. The Balaban J connectivity index is 1.55. The number of carbonyl (C=O) groups excluding carboxylic acids is 3. The maximum atomic E-state index is 14.7. The first-order chi connectivity index (χ1) is 19.5. The van der Waals surface area contributed by atoms with Gasteiger partial charge in [-0.3, -0.25) is 14.4 Å². The van der Waals surface area contributed by atoms with Gasteiger partial charge in [-0.1, -0.05) is 91.0 Å². The monoisotopic (exact) mass is 525 g/mol. The molecule has 5 heteroatoms. The van der Waals surface area contributed by atoms with Crippen molar-refractivity contribution in [1.29, 1.82) is 0 Å². The van der Waals surface area contributed by atoms with Crippen LogP contribution in [-0.4, -0.2) is 36.5 Å². The summed E-state index contributed by atoms with van der Waals surface area (Å²) >= 11 is 0. The molecule has 0 bridgehead atoms. The number of aryl methyl sites for hydroxylation is 1. The summed E-state index contributed by atoms with van der Waals surface area (Å²) < 4.78 is 5.42. The molecule has 4 aromatic rings. The zero-order chi connectivity index (χ0) is 27.6. The molecule has 1 saturated heterocycles. The second-order valence-corrected chi connectivity index (χ2v) is 10.8. The first-order valence-corrected chi connectivity index (χ1v) is 13.5. The summed E-state index contributed by atoms with van der Waals surface area (Å²) in [5.41, 5.74) is 3.47. The van der Waals surface area contributed by atoms with Crippen molar-refractivity contribution in [2.24, 2.45) is 5.41 Å². The van der Waals surface area contributed by atoms with Crippen molar-refractivity contribution in [2.75, 3.05) is 12.0 Å². The number of benzene rings is 4. The summed E-state index contributed by atoms with van der Waals surface area (Å²) in [5.74, 6) is -0.657. The van der Waals surface area contributed by atoms with Gasteiger partial charge in [-0.2, -0.15) is 0 Å². The molecule has 0 N–H and O–H groups in total. The number of rotatable bonds is 4. The lowest BCUT2D eigenvalue weighted by atomic mass is 9.64. The van der Waals surface area contributed by atoms with Crippen LogP contribution in [0.25, 0.3) is 6.08 Å². The normalized spacial score (nSPS) is 21.8. The van der Waals surface area contributed by atoms with Crippen molar-refractivity contribution in [3.63, 3.8) is 0 Å². The van der Waals surface area contributed by atoms with Crippen LogP contribution in [0.2, 0.25) is 0 Å². The van der Waals surface area contributed by atoms with Gasteiger partial charge in [-0.15, -0.1) is 0 Å². The Morgan fingerprint density at radius 2 is 1.48 bits per heavy atom. The third kappa shape index (κ3) is 3.18. The molecule has 4 aromatic carbocycles. The van der Waals surface area contributed by atoms with E-state index in [0.29, 0.717) is 22.4 Å². The van der Waals surface area contributed by atoms with Gasteiger partial charge >= 0.3 is 0 Å². The van der Waals surface area contributed by atoms with Crippen LogP contribution in [0.15, 0.2) is 103 Å². The van der Waals surface area contributed by atoms with Crippen LogP contribution >= 0.6 is 0 Å². The molecule has 3 unspecified atom stereocenters. The molecule has 1 aliphatic carbocycles. The second-order valence-electron chi connectivity index (χ2n) is 10.8. The van der Waals surface area contributed by atoms with Gasteiger partial charge in [-0.05, 0) is 41.8 Å². The second kappa shape index (κ2) is 8.88. The van der Waals surface area contributed by atoms with Gasteiger partial charge in [0.2, 0.25) is 0 Å². The molecule has 7 rings (SSSR count). The topological polar surface area (TPSA) is 63.7 Å². The maximum absolute atomic E-state index is 14.7. The summed E-state index contributed by atoms with van der Waals surface area (Å²) in [6.45, 7) is 2.01. The van der Waals surface area contributed by atoms with Gasteiger partial charge in [0.1, 0.15) is 17.2 Å². The molecule has 0 aromatic heterocycles. The Kier molecular flexibility index (Phi) is 5.39. The number of Topliss-reactive ketones (excluding diaryl/α,β-unsaturated/α-hetero) is 3. The summed E-state index contributed by atoms with van der Waals surface area (Å²) in [4.78, 5) is 46.0. The van der Waals surface area contributed by atoms with E-state index < -0.39 is 23.4 Å². The Morgan fingerprint density at radius 1 is 0.825 bits per heavy atom. The van der Waals surface area contributed by atoms with Gasteiger partial charge in [0, 0.05) is 28.3 Å². The quantitative estimate of drug-likeness (QED) is 0.231. The number of nitrogens with zero attached hydrogens (tertiary/aromatic N) is 1. The molecule has 3 aliphatic rings. The van der Waals surface area contributed by atoms with Crippen molar-refractivity contribution < 1.29 is 19.1 Å². The van der Waals surface area contributed by atoms with E-state index in [-0.39, 0.29) is 17.3 Å². The van der Waals surface area contributed by atoms with E-state index in [1.165, 1.54) is 0 Å². The number of methoxy groups -OCH3 is 1. The highest BCUT2D eigenvalue weighted by atomic mass is 16.5. The Bertz CT molecular complexity index is 1690. The zero-order valence-corrected chi connectivity index (χ0v) is 22.2. The number of fused-ring (bicyclic) bond motifs is 5. The number of ketones is 3. The molecule has 0 amide bonds. The van der Waals surface area contributed by atoms with Gasteiger partial charge in [0.25, 0.3) is 0 Å². The van der Waals surface area contributed by atoms with Crippen molar-refractivity contribution in [3.05, 3.63) is 137 Å². The highest BCUT2D eigenvalue weighted by Crippen LogP contribution is 2.61. The average molecular weight is 526 g/mol. The highest BCUT2D eigenvalue weighted by molar-refractivity contribution is 6.32. The van der Waals surface area contributed by atoms with E-state index in [4.69, 9.17) is 4.74 Å². The summed E-state index contributed by atoms with van der Waals surface area (Å²) in [6, 6.07) is 28.3. The van der Waals surface area contributed by atoms with Crippen molar-refractivity contribution >= 4 is 29.1 Å². The fourth-order valence-electron chi connectivity index (χ4n) is 7.03. The summed E-state index contributed by atoms with van der Waals surface area (Å²) in [7, 11) is 1.60. The number of ether oxygens (including phenoxy) is 1. The third-order valence-electron chi connectivity index (χ3n) is 8.76. The molecule has 196 valence electrons. The Morgan fingerprint density at radius 3 is 2.12 bits per heavy atom. The lowest BCUT2D eigenvalue weighted by Crippen LogP contribution is -2.48. The standard InChI is InChI=1S/C35H27NO4/c1-21-12-13-22-16-19-29-35(33(38)26-10-6-7-11-27(26)34(35)39)30(23-14-17-25(40-2)18-15-23)31(36(29)28(22)20-21)32(37)24-8-4-3-5-9-24/h3-20,29-31H,1-2H3. The first-order valence-electron chi connectivity index (χ1n) is 13.5. The van der Waals surface area contributed by atoms with Crippen LogP contribution in [0.1, 0.15) is 53.7 Å². The molecule has 3 atom stereocenters. The number of carbonyl (C=O) groups is 3. The number of anilines is 1. The van der Waals surface area contributed by atoms with E-state index in [9.17, 15) is 14.4 Å². The largest absolute Gasteiger partial charge is 0.497 e. The predicted molar refractivity (Wildman–Crippen MR) is 154 cm³/mol. The molecule has 2 heterocycles. The Labute approximate surface area is 232 Å². The van der Waals surface area contributed by atoms with Crippen LogP contribution in [0.4, 0.5) is 5.69 Å². The molecule has 1 spiro atoms. The summed E-state index contributed by atoms with van der Waals surface area (Å²) in [5, 5.41) is 0. The van der Waals surface area contributed by atoms with Gasteiger partial charge in [0.15, 0.2) is 17.3 Å². The molecule has 0 saturated carbocycles. The fourth-order valence-corrected chi connectivity index (χ4v) is 7.03. The first kappa shape index (κ1) is 24.3. The third-order valence-corrected chi connectivity index (χ3v) is 8.76. The summed E-state index contributed by atoms with van der Waals surface area (Å²) in [6.07, 6.45) is 3.94. The van der Waals surface area contributed by atoms with Crippen LogP contribution in [0.5, 0.6) is 5.75 Å². The van der Waals surface area contributed by atoms with Gasteiger partial charge in [-0.25, -0.2) is 0 Å².